The van der Waals surface area contributed by atoms with Crippen LogP contribution in [0.5, 0.6) is 5.75 Å². The van der Waals surface area contributed by atoms with Crippen LogP contribution in [0.1, 0.15) is 24.4 Å². The summed E-state index contributed by atoms with van der Waals surface area (Å²) in [4.78, 5) is 0. The van der Waals surface area contributed by atoms with Crippen LogP contribution in [0, 0.1) is 0 Å². The van der Waals surface area contributed by atoms with Gasteiger partial charge in [0.15, 0.2) is 9.84 Å². The second kappa shape index (κ2) is 7.24. The summed E-state index contributed by atoms with van der Waals surface area (Å²) < 4.78 is 35.6. The van der Waals surface area contributed by atoms with Gasteiger partial charge in [0.05, 0.1) is 18.1 Å². The average Bonchev–Trinajstić information content (AvgIpc) is 2.53. The molecule has 1 N–H and O–H groups in total. The van der Waals surface area contributed by atoms with Crippen LogP contribution in [-0.4, -0.2) is 46.8 Å². The number of hydrogen-bond donors (Lipinski definition) is 1. The van der Waals surface area contributed by atoms with Gasteiger partial charge in [0.1, 0.15) is 5.75 Å². The van der Waals surface area contributed by atoms with E-state index in [1.807, 2.05) is 24.3 Å². The lowest BCUT2D eigenvalue weighted by molar-refractivity contribution is 0.0983. The lowest BCUT2D eigenvalue weighted by Gasteiger charge is -2.25. The van der Waals surface area contributed by atoms with Crippen LogP contribution in [0.25, 0.3) is 0 Å². The van der Waals surface area contributed by atoms with Crippen LogP contribution in [0.4, 0.5) is 0 Å². The van der Waals surface area contributed by atoms with Gasteiger partial charge in [0.25, 0.3) is 0 Å². The van der Waals surface area contributed by atoms with E-state index in [4.69, 9.17) is 9.47 Å². The normalized spacial score (nSPS) is 18.4. The number of sulfone groups is 1. The lowest BCUT2D eigenvalue weighted by Crippen LogP contribution is -2.35. The minimum atomic E-state index is -3.15. The van der Waals surface area contributed by atoms with Crippen molar-refractivity contribution in [1.82, 2.24) is 5.32 Å². The molecule has 1 aromatic carbocycles. The highest BCUT2D eigenvalue weighted by atomic mass is 32.2. The number of ether oxygens (including phenoxy) is 2. The molecular weight excluding hydrogens is 290 g/mol. The molecule has 1 atom stereocenters. The molecule has 0 amide bonds. The van der Waals surface area contributed by atoms with Gasteiger partial charge in [-0.25, -0.2) is 8.42 Å². The number of rotatable bonds is 6. The molecular formula is C15H23NO4S. The van der Waals surface area contributed by atoms with Crippen molar-refractivity contribution in [1.29, 1.82) is 0 Å². The third-order valence-electron chi connectivity index (χ3n) is 3.92. The van der Waals surface area contributed by atoms with Gasteiger partial charge < -0.3 is 14.8 Å². The van der Waals surface area contributed by atoms with Crippen molar-refractivity contribution < 1.29 is 17.9 Å². The van der Waals surface area contributed by atoms with E-state index in [9.17, 15) is 8.42 Å². The minimum Gasteiger partial charge on any atom is -0.497 e. The van der Waals surface area contributed by atoms with Crippen LogP contribution in [0.3, 0.4) is 0 Å². The van der Waals surface area contributed by atoms with Crippen LogP contribution in [0.15, 0.2) is 24.3 Å². The predicted octanol–water partition coefficient (Wildman–Crippen LogP) is 1.55. The molecule has 6 heteroatoms. The van der Waals surface area contributed by atoms with E-state index in [0.29, 0.717) is 26.1 Å². The third kappa shape index (κ3) is 4.18. The quantitative estimate of drug-likeness (QED) is 0.863. The van der Waals surface area contributed by atoms with Gasteiger partial charge in [0, 0.05) is 19.3 Å². The molecule has 1 fully saturated rings. The Morgan fingerprint density at radius 3 is 2.71 bits per heavy atom. The van der Waals surface area contributed by atoms with E-state index in [0.717, 1.165) is 11.3 Å². The average molecular weight is 313 g/mol. The fourth-order valence-corrected chi connectivity index (χ4v) is 4.61. The summed E-state index contributed by atoms with van der Waals surface area (Å²) in [6.45, 7) is 1.07. The van der Waals surface area contributed by atoms with Gasteiger partial charge in [-0.05, 0) is 37.6 Å². The highest BCUT2D eigenvalue weighted by molar-refractivity contribution is 7.92. The highest BCUT2D eigenvalue weighted by Crippen LogP contribution is 2.24. The smallest absolute Gasteiger partial charge is 0.155 e. The molecule has 1 heterocycles. The summed E-state index contributed by atoms with van der Waals surface area (Å²) in [5, 5.41) is 2.81. The summed E-state index contributed by atoms with van der Waals surface area (Å²) in [7, 11) is 0.239. The molecule has 21 heavy (non-hydrogen) atoms. The van der Waals surface area contributed by atoms with Crippen LogP contribution < -0.4 is 10.1 Å². The van der Waals surface area contributed by atoms with E-state index in [-0.39, 0.29) is 17.0 Å². The van der Waals surface area contributed by atoms with E-state index in [1.165, 1.54) is 0 Å². The first kappa shape index (κ1) is 16.3. The zero-order chi connectivity index (χ0) is 15.3. The van der Waals surface area contributed by atoms with Crippen molar-refractivity contribution in [3.05, 3.63) is 29.8 Å². The molecule has 1 aliphatic heterocycles. The molecule has 1 aliphatic rings. The first-order valence-electron chi connectivity index (χ1n) is 7.17. The molecule has 118 valence electrons. The van der Waals surface area contributed by atoms with Crippen molar-refractivity contribution in [2.24, 2.45) is 0 Å². The number of nitrogens with one attached hydrogen (secondary N) is 1. The van der Waals surface area contributed by atoms with Gasteiger partial charge >= 0.3 is 0 Å². The maximum absolute atomic E-state index is 12.6. The lowest BCUT2D eigenvalue weighted by atomic mass is 10.1. The second-order valence-corrected chi connectivity index (χ2v) is 7.58. The van der Waals surface area contributed by atoms with E-state index in [1.54, 1.807) is 14.2 Å². The maximum atomic E-state index is 12.6. The molecule has 0 aliphatic carbocycles. The monoisotopic (exact) mass is 313 g/mol. The Bertz CT molecular complexity index is 553. The molecule has 0 saturated carbocycles. The Kier molecular flexibility index (Phi) is 5.61. The summed E-state index contributed by atoms with van der Waals surface area (Å²) >= 11 is 0. The van der Waals surface area contributed by atoms with Crippen molar-refractivity contribution in [3.8, 4) is 5.75 Å². The number of benzene rings is 1. The van der Waals surface area contributed by atoms with Crippen molar-refractivity contribution in [2.75, 3.05) is 33.1 Å². The maximum Gasteiger partial charge on any atom is 0.155 e. The zero-order valence-electron chi connectivity index (χ0n) is 12.5. The van der Waals surface area contributed by atoms with Gasteiger partial charge in [-0.15, -0.1) is 0 Å². The van der Waals surface area contributed by atoms with Crippen molar-refractivity contribution >= 4 is 9.84 Å². The van der Waals surface area contributed by atoms with Crippen molar-refractivity contribution in [2.45, 2.75) is 24.1 Å². The Balaban J connectivity index is 2.13. The summed E-state index contributed by atoms with van der Waals surface area (Å²) in [6.07, 6.45) is 1.19. The molecule has 0 radical (unpaired) electrons. The van der Waals surface area contributed by atoms with E-state index in [2.05, 4.69) is 5.32 Å². The van der Waals surface area contributed by atoms with E-state index >= 15 is 0 Å². The van der Waals surface area contributed by atoms with Gasteiger partial charge in [-0.3, -0.25) is 0 Å². The fraction of sp³-hybridized carbons (Fsp3) is 0.600. The van der Waals surface area contributed by atoms with Crippen LogP contribution in [0.2, 0.25) is 0 Å². The largest absolute Gasteiger partial charge is 0.497 e. The first-order chi connectivity index (χ1) is 10.1. The van der Waals surface area contributed by atoms with E-state index < -0.39 is 9.84 Å². The van der Waals surface area contributed by atoms with Gasteiger partial charge in [-0.1, -0.05) is 12.1 Å². The number of methoxy groups -OCH3 is 1. The molecule has 1 saturated heterocycles. The molecule has 1 unspecified atom stereocenters. The molecule has 2 rings (SSSR count). The summed E-state index contributed by atoms with van der Waals surface area (Å²) in [5.74, 6) is 0.831. The predicted molar refractivity (Wildman–Crippen MR) is 82.4 cm³/mol. The minimum absolute atomic E-state index is 0.0985. The topological polar surface area (TPSA) is 64.6 Å². The van der Waals surface area contributed by atoms with Crippen LogP contribution in [-0.2, 0) is 14.6 Å². The van der Waals surface area contributed by atoms with Crippen LogP contribution >= 0.6 is 0 Å². The molecule has 5 nitrogen and oxygen atoms in total. The first-order valence-corrected chi connectivity index (χ1v) is 8.89. The molecule has 0 bridgehead atoms. The molecule has 0 aromatic heterocycles. The van der Waals surface area contributed by atoms with Gasteiger partial charge in [-0.2, -0.15) is 0 Å². The standard InChI is InChI=1S/C15H23NO4S/c1-16-15(12-4-3-5-13(10-12)19-2)11-21(17,18)14-6-8-20-9-7-14/h3-5,10,14-16H,6-9,11H2,1-2H3. The summed E-state index contributed by atoms with van der Waals surface area (Å²) in [5.41, 5.74) is 0.924. The second-order valence-electron chi connectivity index (χ2n) is 5.26. The third-order valence-corrected chi connectivity index (χ3v) is 6.20. The molecule has 0 spiro atoms. The Morgan fingerprint density at radius 1 is 1.38 bits per heavy atom. The Hall–Kier alpha value is -1.11. The Morgan fingerprint density at radius 2 is 2.10 bits per heavy atom. The number of hydrogen-bond acceptors (Lipinski definition) is 5. The SMILES string of the molecule is CNC(CS(=O)(=O)C1CCOCC1)c1cccc(OC)c1. The summed E-state index contributed by atoms with van der Waals surface area (Å²) in [6, 6.07) is 7.29. The zero-order valence-corrected chi connectivity index (χ0v) is 13.4. The molecule has 1 aromatic rings. The van der Waals surface area contributed by atoms with Crippen molar-refractivity contribution in [3.63, 3.8) is 0 Å². The Labute approximate surface area is 126 Å². The fourth-order valence-electron chi connectivity index (χ4n) is 2.61. The highest BCUT2D eigenvalue weighted by Gasteiger charge is 2.30. The van der Waals surface area contributed by atoms with Gasteiger partial charge in [0.2, 0.25) is 0 Å².